The number of rotatable bonds is 6. The Hall–Kier alpha value is -4.50. The van der Waals surface area contributed by atoms with Crippen molar-refractivity contribution < 1.29 is 36.6 Å². The Balaban J connectivity index is 1.81. The minimum Gasteiger partial charge on any atom is -0.453 e. The molecule has 1 aliphatic rings. The van der Waals surface area contributed by atoms with Crippen LogP contribution in [0.4, 0.5) is 17.6 Å². The fourth-order valence-corrected chi connectivity index (χ4v) is 5.32. The van der Waals surface area contributed by atoms with Crippen LogP contribution in [0.15, 0.2) is 115 Å². The van der Waals surface area contributed by atoms with E-state index in [0.717, 1.165) is 36.3 Å². The molecular formula is C32H25F4NO4. The molecule has 0 radical (unpaired) electrons. The molecule has 4 aromatic rings. The molecule has 0 N–H and O–H groups in total. The van der Waals surface area contributed by atoms with Gasteiger partial charge in [0.25, 0.3) is 11.5 Å². The monoisotopic (exact) mass is 563 g/mol. The van der Waals surface area contributed by atoms with E-state index in [0.29, 0.717) is 11.1 Å². The summed E-state index contributed by atoms with van der Waals surface area (Å²) >= 11 is 0. The van der Waals surface area contributed by atoms with Crippen LogP contribution in [0.3, 0.4) is 0 Å². The molecule has 1 amide bonds. The summed E-state index contributed by atoms with van der Waals surface area (Å²) in [6.45, 7) is 0. The number of carbonyl (C=O) groups is 2. The third-order valence-electron chi connectivity index (χ3n) is 7.21. The zero-order chi connectivity index (χ0) is 29.2. The van der Waals surface area contributed by atoms with Gasteiger partial charge in [-0.25, -0.2) is 9.18 Å². The average molecular weight is 564 g/mol. The number of nitrogens with zero attached hydrogens (tertiary/aromatic N) is 1. The molecule has 0 bridgehead atoms. The van der Waals surface area contributed by atoms with E-state index in [2.05, 4.69) is 0 Å². The normalized spacial score (nSPS) is 20.7. The molecule has 0 saturated carbocycles. The molecule has 5 rings (SSSR count). The van der Waals surface area contributed by atoms with Gasteiger partial charge < -0.3 is 14.4 Å². The van der Waals surface area contributed by atoms with Crippen molar-refractivity contribution in [1.29, 1.82) is 0 Å². The molecule has 0 aliphatic carbocycles. The van der Waals surface area contributed by atoms with Crippen LogP contribution >= 0.6 is 0 Å². The first kappa shape index (κ1) is 28.0. The third-order valence-corrected chi connectivity index (χ3v) is 7.21. The highest BCUT2D eigenvalue weighted by molar-refractivity contribution is 5.93. The first-order valence-corrected chi connectivity index (χ1v) is 12.7. The van der Waals surface area contributed by atoms with Gasteiger partial charge in [0.05, 0.1) is 6.04 Å². The van der Waals surface area contributed by atoms with Gasteiger partial charge in [-0.1, -0.05) is 103 Å². The molecule has 4 aromatic carbocycles. The molecule has 1 unspecified atom stereocenters. The molecule has 0 spiro atoms. The number of benzene rings is 4. The molecular weight excluding hydrogens is 538 g/mol. The Morgan fingerprint density at radius 1 is 0.756 bits per heavy atom. The molecule has 0 aromatic heterocycles. The lowest BCUT2D eigenvalue weighted by molar-refractivity contribution is -0.275. The van der Waals surface area contributed by atoms with E-state index in [4.69, 9.17) is 9.47 Å². The molecule has 41 heavy (non-hydrogen) atoms. The van der Waals surface area contributed by atoms with Gasteiger partial charge in [0.2, 0.25) is 0 Å². The van der Waals surface area contributed by atoms with E-state index in [1.54, 1.807) is 60.7 Å². The zero-order valence-electron chi connectivity index (χ0n) is 21.8. The molecule has 1 saturated heterocycles. The fourth-order valence-electron chi connectivity index (χ4n) is 5.32. The lowest BCUT2D eigenvalue weighted by Gasteiger charge is -2.48. The number of carbonyl (C=O) groups excluding carboxylic acids is 2. The van der Waals surface area contributed by atoms with E-state index in [9.17, 15) is 14.0 Å². The molecule has 210 valence electrons. The van der Waals surface area contributed by atoms with Crippen LogP contribution in [0.1, 0.15) is 40.4 Å². The standard InChI is InChI=1S/C32H25F4NO4/c1-40-31(32(34,35)36,24-15-9-4-10-16-24)30(39)37-26(21-11-5-2-6-12-21)28(23-13-7-3-8-14-23)41-29(38)27(37)22-17-19-25(33)20-18-22/h2-20,26-28H,1H3/t26-,27+,28+,31?/m0/s1. The Morgan fingerprint density at radius 2 is 1.27 bits per heavy atom. The van der Waals surface area contributed by atoms with Crippen LogP contribution in [0.25, 0.3) is 0 Å². The van der Waals surface area contributed by atoms with Crippen molar-refractivity contribution in [3.05, 3.63) is 143 Å². The number of cyclic esters (lactones) is 1. The minimum absolute atomic E-state index is 0.0810. The molecule has 5 nitrogen and oxygen atoms in total. The molecule has 1 heterocycles. The Morgan fingerprint density at radius 3 is 1.78 bits per heavy atom. The second-order valence-corrected chi connectivity index (χ2v) is 9.54. The minimum atomic E-state index is -5.24. The topological polar surface area (TPSA) is 55.8 Å². The quantitative estimate of drug-likeness (QED) is 0.191. The number of hydrogen-bond donors (Lipinski definition) is 0. The number of methoxy groups -OCH3 is 1. The van der Waals surface area contributed by atoms with Gasteiger partial charge >= 0.3 is 12.1 Å². The van der Waals surface area contributed by atoms with Crippen LogP contribution in [-0.4, -0.2) is 30.1 Å². The van der Waals surface area contributed by atoms with Crippen LogP contribution < -0.4 is 0 Å². The zero-order valence-corrected chi connectivity index (χ0v) is 21.8. The predicted octanol–water partition coefficient (Wildman–Crippen LogP) is 6.84. The van der Waals surface area contributed by atoms with Crippen LogP contribution in [-0.2, 0) is 24.7 Å². The van der Waals surface area contributed by atoms with E-state index >= 15 is 13.2 Å². The summed E-state index contributed by atoms with van der Waals surface area (Å²) in [7, 11) is 0.805. The summed E-state index contributed by atoms with van der Waals surface area (Å²) in [6.07, 6.45) is -6.40. The van der Waals surface area contributed by atoms with E-state index in [1.807, 2.05) is 0 Å². The van der Waals surface area contributed by atoms with Crippen molar-refractivity contribution in [3.63, 3.8) is 0 Å². The highest BCUT2D eigenvalue weighted by Gasteiger charge is 2.66. The van der Waals surface area contributed by atoms with Gasteiger partial charge in [-0.3, -0.25) is 4.79 Å². The van der Waals surface area contributed by atoms with Crippen molar-refractivity contribution >= 4 is 11.9 Å². The Kier molecular flexibility index (Phi) is 7.64. The van der Waals surface area contributed by atoms with Crippen LogP contribution in [0, 0.1) is 5.82 Å². The largest absolute Gasteiger partial charge is 0.453 e. The lowest BCUT2D eigenvalue weighted by atomic mass is 9.84. The first-order valence-electron chi connectivity index (χ1n) is 12.7. The number of halogens is 4. The summed E-state index contributed by atoms with van der Waals surface area (Å²) in [5.74, 6) is -3.10. The van der Waals surface area contributed by atoms with Crippen molar-refractivity contribution in [2.75, 3.05) is 7.11 Å². The molecule has 1 aliphatic heterocycles. The van der Waals surface area contributed by atoms with Crippen molar-refractivity contribution in [1.82, 2.24) is 4.90 Å². The SMILES string of the molecule is COC(C(=O)N1[C@H](c2ccc(F)cc2)C(=O)O[C@H](c2ccccc2)[C@@H]1c1ccccc1)(c1ccccc1)C(F)(F)F. The highest BCUT2D eigenvalue weighted by atomic mass is 19.4. The van der Waals surface area contributed by atoms with Gasteiger partial charge in [-0.2, -0.15) is 13.2 Å². The highest BCUT2D eigenvalue weighted by Crippen LogP contribution is 2.51. The smallest absolute Gasteiger partial charge is 0.430 e. The van der Waals surface area contributed by atoms with E-state index in [-0.39, 0.29) is 5.56 Å². The van der Waals surface area contributed by atoms with Crippen molar-refractivity contribution in [2.45, 2.75) is 30.0 Å². The van der Waals surface area contributed by atoms with Crippen LogP contribution in [0.2, 0.25) is 0 Å². The summed E-state index contributed by atoms with van der Waals surface area (Å²) in [5.41, 5.74) is -2.95. The summed E-state index contributed by atoms with van der Waals surface area (Å²) in [4.78, 5) is 29.3. The number of esters is 1. The Bertz CT molecular complexity index is 1500. The maximum atomic E-state index is 15.2. The number of amides is 1. The predicted molar refractivity (Wildman–Crippen MR) is 142 cm³/mol. The van der Waals surface area contributed by atoms with E-state index < -0.39 is 53.2 Å². The summed E-state index contributed by atoms with van der Waals surface area (Å²) < 4.78 is 70.4. The maximum absolute atomic E-state index is 15.2. The number of morpholine rings is 1. The van der Waals surface area contributed by atoms with E-state index in [1.165, 1.54) is 30.3 Å². The van der Waals surface area contributed by atoms with Crippen molar-refractivity contribution in [3.8, 4) is 0 Å². The molecule has 1 fully saturated rings. The van der Waals surface area contributed by atoms with Gasteiger partial charge in [0, 0.05) is 12.7 Å². The number of hydrogen-bond acceptors (Lipinski definition) is 4. The fraction of sp³-hybridized carbons (Fsp3) is 0.188. The van der Waals surface area contributed by atoms with Gasteiger partial charge in [-0.05, 0) is 28.8 Å². The molecule has 9 heteroatoms. The summed E-state index contributed by atoms with van der Waals surface area (Å²) in [6, 6.07) is 25.1. The molecule has 4 atom stereocenters. The first-order chi connectivity index (χ1) is 19.7. The average Bonchev–Trinajstić information content (AvgIpc) is 2.98. The lowest BCUT2D eigenvalue weighted by Crippen LogP contribution is -2.61. The van der Waals surface area contributed by atoms with Crippen molar-refractivity contribution in [2.24, 2.45) is 0 Å². The number of ether oxygens (including phenoxy) is 2. The Labute approximate surface area is 233 Å². The number of alkyl halides is 3. The second kappa shape index (κ2) is 11.2. The maximum Gasteiger partial charge on any atom is 0.430 e. The van der Waals surface area contributed by atoms with Crippen LogP contribution in [0.5, 0.6) is 0 Å². The second-order valence-electron chi connectivity index (χ2n) is 9.54. The van der Waals surface area contributed by atoms with Gasteiger partial charge in [0.1, 0.15) is 5.82 Å². The third kappa shape index (κ3) is 4.97. The summed E-state index contributed by atoms with van der Waals surface area (Å²) in [5, 5.41) is 0. The van der Waals surface area contributed by atoms with Gasteiger partial charge in [-0.15, -0.1) is 0 Å². The van der Waals surface area contributed by atoms with Gasteiger partial charge in [0.15, 0.2) is 12.1 Å².